The first-order chi connectivity index (χ1) is 11.0. The standard InChI is InChI=1S/C17H17ClN2O3/c1-11-5-3-4-6-14(11)17(22)20-19-16(21)10-23-15-8-7-13(18)9-12(15)2/h3-9H,10H2,1-2H3,(H,19,21)(H,20,22). The van der Waals surface area contributed by atoms with Gasteiger partial charge in [-0.15, -0.1) is 0 Å². The molecule has 0 fully saturated rings. The van der Waals surface area contributed by atoms with Crippen LogP contribution >= 0.6 is 11.6 Å². The Hall–Kier alpha value is -2.53. The number of carbonyl (C=O) groups is 2. The summed E-state index contributed by atoms with van der Waals surface area (Å²) in [6.07, 6.45) is 0. The number of rotatable bonds is 4. The summed E-state index contributed by atoms with van der Waals surface area (Å²) in [6.45, 7) is 3.44. The summed E-state index contributed by atoms with van der Waals surface area (Å²) in [5.74, 6) is -0.268. The van der Waals surface area contributed by atoms with Crippen molar-refractivity contribution in [2.45, 2.75) is 13.8 Å². The molecule has 2 aromatic carbocycles. The van der Waals surface area contributed by atoms with Crippen LogP contribution < -0.4 is 15.6 Å². The summed E-state index contributed by atoms with van der Waals surface area (Å²) < 4.78 is 5.39. The van der Waals surface area contributed by atoms with Gasteiger partial charge in [0.15, 0.2) is 6.61 Å². The number of hydrazine groups is 1. The Labute approximate surface area is 139 Å². The lowest BCUT2D eigenvalue weighted by Gasteiger charge is -2.11. The van der Waals surface area contributed by atoms with Crippen molar-refractivity contribution in [3.8, 4) is 5.75 Å². The number of aryl methyl sites for hydroxylation is 2. The Morgan fingerprint density at radius 2 is 1.78 bits per heavy atom. The minimum Gasteiger partial charge on any atom is -0.483 e. The molecule has 0 aliphatic rings. The Bertz CT molecular complexity index is 732. The molecule has 0 atom stereocenters. The van der Waals surface area contributed by atoms with Crippen molar-refractivity contribution in [1.29, 1.82) is 0 Å². The average molecular weight is 333 g/mol. The zero-order valence-corrected chi connectivity index (χ0v) is 13.6. The van der Waals surface area contributed by atoms with Crippen molar-refractivity contribution in [2.24, 2.45) is 0 Å². The van der Waals surface area contributed by atoms with Gasteiger partial charge in [-0.2, -0.15) is 0 Å². The summed E-state index contributed by atoms with van der Waals surface area (Å²) in [4.78, 5) is 23.7. The third-order valence-corrected chi connectivity index (χ3v) is 3.44. The number of nitrogens with one attached hydrogen (secondary N) is 2. The molecule has 0 spiro atoms. The van der Waals surface area contributed by atoms with Crippen LogP contribution in [0.3, 0.4) is 0 Å². The molecule has 120 valence electrons. The van der Waals surface area contributed by atoms with E-state index in [4.69, 9.17) is 16.3 Å². The number of carbonyl (C=O) groups excluding carboxylic acids is 2. The first kappa shape index (κ1) is 16.8. The van der Waals surface area contributed by atoms with E-state index in [0.29, 0.717) is 16.3 Å². The first-order valence-corrected chi connectivity index (χ1v) is 7.39. The highest BCUT2D eigenvalue weighted by Crippen LogP contribution is 2.21. The number of ether oxygens (including phenoxy) is 1. The van der Waals surface area contributed by atoms with Gasteiger partial charge in [-0.25, -0.2) is 0 Å². The van der Waals surface area contributed by atoms with Crippen LogP contribution in [0, 0.1) is 13.8 Å². The lowest BCUT2D eigenvalue weighted by Crippen LogP contribution is -2.44. The Balaban J connectivity index is 1.83. The SMILES string of the molecule is Cc1cc(Cl)ccc1OCC(=O)NNC(=O)c1ccccc1C. The summed E-state index contributed by atoms with van der Waals surface area (Å²) in [5.41, 5.74) is 6.84. The van der Waals surface area contributed by atoms with E-state index in [0.717, 1.165) is 11.1 Å². The molecule has 2 amide bonds. The minimum atomic E-state index is -0.457. The zero-order valence-electron chi connectivity index (χ0n) is 12.9. The molecule has 23 heavy (non-hydrogen) atoms. The molecule has 0 saturated carbocycles. The van der Waals surface area contributed by atoms with Gasteiger partial charge in [0.05, 0.1) is 0 Å². The maximum absolute atomic E-state index is 12.0. The van der Waals surface area contributed by atoms with Gasteiger partial charge in [-0.05, 0) is 49.2 Å². The van der Waals surface area contributed by atoms with Crippen molar-refractivity contribution in [3.05, 3.63) is 64.2 Å². The van der Waals surface area contributed by atoms with Crippen LogP contribution in [0.5, 0.6) is 5.75 Å². The van der Waals surface area contributed by atoms with Crippen molar-refractivity contribution in [2.75, 3.05) is 6.61 Å². The number of amides is 2. The minimum absolute atomic E-state index is 0.212. The highest BCUT2D eigenvalue weighted by Gasteiger charge is 2.10. The number of halogens is 1. The maximum atomic E-state index is 12.0. The molecule has 2 rings (SSSR count). The summed E-state index contributed by atoms with van der Waals surface area (Å²) >= 11 is 5.85. The molecule has 0 heterocycles. The second kappa shape index (κ2) is 7.65. The van der Waals surface area contributed by atoms with Crippen LogP contribution in [0.4, 0.5) is 0 Å². The Morgan fingerprint density at radius 1 is 1.04 bits per heavy atom. The van der Waals surface area contributed by atoms with Gasteiger partial charge in [0.2, 0.25) is 0 Å². The van der Waals surface area contributed by atoms with E-state index in [1.165, 1.54) is 0 Å². The molecule has 0 bridgehead atoms. The molecule has 5 nitrogen and oxygen atoms in total. The molecule has 2 aromatic rings. The van der Waals surface area contributed by atoms with E-state index in [-0.39, 0.29) is 12.5 Å². The van der Waals surface area contributed by atoms with Crippen LogP contribution in [-0.4, -0.2) is 18.4 Å². The maximum Gasteiger partial charge on any atom is 0.276 e. The highest BCUT2D eigenvalue weighted by atomic mass is 35.5. The van der Waals surface area contributed by atoms with Gasteiger partial charge in [-0.3, -0.25) is 20.4 Å². The van der Waals surface area contributed by atoms with Crippen molar-refractivity contribution in [1.82, 2.24) is 10.9 Å². The predicted octanol–water partition coefficient (Wildman–Crippen LogP) is 2.80. The van der Waals surface area contributed by atoms with E-state index >= 15 is 0 Å². The quantitative estimate of drug-likeness (QED) is 0.846. The van der Waals surface area contributed by atoms with E-state index in [9.17, 15) is 9.59 Å². The van der Waals surface area contributed by atoms with Gasteiger partial charge in [-0.1, -0.05) is 29.8 Å². The van der Waals surface area contributed by atoms with E-state index in [2.05, 4.69) is 10.9 Å². The molecule has 0 aromatic heterocycles. The molecular weight excluding hydrogens is 316 g/mol. The lowest BCUT2D eigenvalue weighted by molar-refractivity contribution is -0.123. The number of hydrogen-bond donors (Lipinski definition) is 2. The third kappa shape index (κ3) is 4.72. The summed E-state index contributed by atoms with van der Waals surface area (Å²) in [5, 5.41) is 0.602. The molecule has 0 aliphatic heterocycles. The fourth-order valence-electron chi connectivity index (χ4n) is 1.98. The van der Waals surface area contributed by atoms with Crippen LogP contribution in [0.15, 0.2) is 42.5 Å². The molecular formula is C17H17ClN2O3. The van der Waals surface area contributed by atoms with Crippen molar-refractivity contribution < 1.29 is 14.3 Å². The van der Waals surface area contributed by atoms with Gasteiger partial charge in [0.1, 0.15) is 5.75 Å². The molecule has 0 unspecified atom stereocenters. The van der Waals surface area contributed by atoms with Crippen LogP contribution in [0.25, 0.3) is 0 Å². The number of hydrogen-bond acceptors (Lipinski definition) is 3. The topological polar surface area (TPSA) is 67.4 Å². The summed E-state index contributed by atoms with van der Waals surface area (Å²) in [7, 11) is 0. The molecule has 6 heteroatoms. The average Bonchev–Trinajstić information content (AvgIpc) is 2.52. The first-order valence-electron chi connectivity index (χ1n) is 7.01. The molecule has 0 radical (unpaired) electrons. The normalized spacial score (nSPS) is 10.0. The molecule has 0 aliphatic carbocycles. The lowest BCUT2D eigenvalue weighted by atomic mass is 10.1. The second-order valence-electron chi connectivity index (χ2n) is 5.02. The molecule has 0 saturated heterocycles. The van der Waals surface area contributed by atoms with Gasteiger partial charge >= 0.3 is 0 Å². The predicted molar refractivity (Wildman–Crippen MR) is 88.5 cm³/mol. The smallest absolute Gasteiger partial charge is 0.276 e. The van der Waals surface area contributed by atoms with Crippen LogP contribution in [-0.2, 0) is 4.79 Å². The molecule has 2 N–H and O–H groups in total. The van der Waals surface area contributed by atoms with E-state index in [1.54, 1.807) is 30.3 Å². The zero-order chi connectivity index (χ0) is 16.8. The fraction of sp³-hybridized carbons (Fsp3) is 0.176. The largest absolute Gasteiger partial charge is 0.483 e. The van der Waals surface area contributed by atoms with Gasteiger partial charge < -0.3 is 4.74 Å². The van der Waals surface area contributed by atoms with Crippen LogP contribution in [0.1, 0.15) is 21.5 Å². The second-order valence-corrected chi connectivity index (χ2v) is 5.45. The third-order valence-electron chi connectivity index (χ3n) is 3.20. The van der Waals surface area contributed by atoms with Gasteiger partial charge in [0, 0.05) is 10.6 Å². The van der Waals surface area contributed by atoms with E-state index in [1.807, 2.05) is 26.0 Å². The Morgan fingerprint density at radius 3 is 2.48 bits per heavy atom. The van der Waals surface area contributed by atoms with Crippen LogP contribution in [0.2, 0.25) is 5.02 Å². The monoisotopic (exact) mass is 332 g/mol. The summed E-state index contributed by atoms with van der Waals surface area (Å²) in [6, 6.07) is 12.2. The van der Waals surface area contributed by atoms with Gasteiger partial charge in [0.25, 0.3) is 11.8 Å². The van der Waals surface area contributed by atoms with Crippen molar-refractivity contribution in [3.63, 3.8) is 0 Å². The fourth-order valence-corrected chi connectivity index (χ4v) is 2.20. The van der Waals surface area contributed by atoms with Crippen molar-refractivity contribution >= 4 is 23.4 Å². The highest BCUT2D eigenvalue weighted by molar-refractivity contribution is 6.30. The number of benzene rings is 2. The van der Waals surface area contributed by atoms with E-state index < -0.39 is 5.91 Å². The Kier molecular flexibility index (Phi) is 5.60.